The smallest absolute Gasteiger partial charge is 0.340 e. The number of carbonyl (C=O) groups excluding carboxylic acids is 1. The molecule has 4 N–H and O–H groups in total. The fourth-order valence-corrected chi connectivity index (χ4v) is 1.74. The third kappa shape index (κ3) is 3.38. The summed E-state index contributed by atoms with van der Waals surface area (Å²) in [5.41, 5.74) is 7.73. The molecule has 19 heavy (non-hydrogen) atoms. The summed E-state index contributed by atoms with van der Waals surface area (Å²) < 4.78 is 4.71. The van der Waals surface area contributed by atoms with Crippen molar-refractivity contribution in [3.63, 3.8) is 0 Å². The second kappa shape index (κ2) is 5.93. The van der Waals surface area contributed by atoms with Gasteiger partial charge in [-0.2, -0.15) is 0 Å². The summed E-state index contributed by atoms with van der Waals surface area (Å²) in [6, 6.07) is 3.50. The third-order valence-electron chi connectivity index (χ3n) is 3.37. The first-order valence-electron chi connectivity index (χ1n) is 6.24. The molecular formula is C14H22N2O3. The largest absolute Gasteiger partial charge is 0.465 e. The van der Waals surface area contributed by atoms with Gasteiger partial charge < -0.3 is 20.9 Å². The monoisotopic (exact) mass is 266 g/mol. The second-order valence-electron chi connectivity index (χ2n) is 4.94. The van der Waals surface area contributed by atoms with Crippen molar-refractivity contribution < 1.29 is 14.6 Å². The van der Waals surface area contributed by atoms with Crippen molar-refractivity contribution in [2.45, 2.75) is 32.7 Å². The Morgan fingerprint density at radius 3 is 2.63 bits per heavy atom. The van der Waals surface area contributed by atoms with Gasteiger partial charge in [-0.15, -0.1) is 0 Å². The number of carbonyl (C=O) groups is 1. The van der Waals surface area contributed by atoms with Crippen LogP contribution in [0.3, 0.4) is 0 Å². The highest BCUT2D eigenvalue weighted by Gasteiger charge is 2.22. The molecule has 1 rings (SSSR count). The van der Waals surface area contributed by atoms with Crippen molar-refractivity contribution in [1.29, 1.82) is 0 Å². The number of nitrogen functional groups attached to an aromatic ring is 1. The molecule has 0 heterocycles. The molecule has 0 spiro atoms. The van der Waals surface area contributed by atoms with E-state index in [0.29, 0.717) is 11.3 Å². The van der Waals surface area contributed by atoms with Gasteiger partial charge in [0.15, 0.2) is 0 Å². The lowest BCUT2D eigenvalue weighted by Crippen LogP contribution is -2.38. The Hall–Kier alpha value is -1.75. The first-order chi connectivity index (χ1) is 8.86. The van der Waals surface area contributed by atoms with Crippen LogP contribution >= 0.6 is 0 Å². The number of hydrogen-bond acceptors (Lipinski definition) is 5. The molecule has 1 atom stereocenters. The number of aliphatic hydroxyl groups is 1. The van der Waals surface area contributed by atoms with E-state index in [1.807, 2.05) is 26.8 Å². The average molecular weight is 266 g/mol. The molecule has 5 nitrogen and oxygen atoms in total. The molecular weight excluding hydrogens is 244 g/mol. The molecule has 0 aliphatic carbocycles. The van der Waals surface area contributed by atoms with Crippen LogP contribution in [-0.2, 0) is 4.74 Å². The van der Waals surface area contributed by atoms with Gasteiger partial charge in [0.25, 0.3) is 0 Å². The number of ether oxygens (including phenoxy) is 1. The minimum Gasteiger partial charge on any atom is -0.465 e. The van der Waals surface area contributed by atoms with E-state index in [9.17, 15) is 9.90 Å². The number of anilines is 2. The first-order valence-corrected chi connectivity index (χ1v) is 6.24. The Morgan fingerprint density at radius 1 is 1.53 bits per heavy atom. The Morgan fingerprint density at radius 2 is 2.16 bits per heavy atom. The molecule has 1 unspecified atom stereocenters. The van der Waals surface area contributed by atoms with Crippen LogP contribution in [0.4, 0.5) is 11.4 Å². The van der Waals surface area contributed by atoms with Crippen molar-refractivity contribution in [1.82, 2.24) is 0 Å². The highest BCUT2D eigenvalue weighted by atomic mass is 16.5. The minimum atomic E-state index is -0.466. The molecule has 5 heteroatoms. The fourth-order valence-electron chi connectivity index (χ4n) is 1.74. The van der Waals surface area contributed by atoms with Gasteiger partial charge in [0.05, 0.1) is 24.8 Å². The molecule has 0 fully saturated rings. The lowest BCUT2D eigenvalue weighted by atomic mass is 9.98. The molecule has 0 bridgehead atoms. The summed E-state index contributed by atoms with van der Waals surface area (Å²) in [5.74, 6) is -0.466. The first kappa shape index (κ1) is 15.3. The SMILES string of the molecule is CCC(C)(CO)Nc1cc(C)c(N)c(C(=O)OC)c1. The molecule has 0 saturated heterocycles. The molecule has 1 aromatic carbocycles. The number of benzene rings is 1. The van der Waals surface area contributed by atoms with Crippen LogP contribution in [0.2, 0.25) is 0 Å². The maximum atomic E-state index is 11.7. The second-order valence-corrected chi connectivity index (χ2v) is 4.94. The fraction of sp³-hybridized carbons (Fsp3) is 0.500. The molecule has 0 saturated carbocycles. The van der Waals surface area contributed by atoms with Gasteiger partial charge in [-0.25, -0.2) is 4.79 Å². The van der Waals surface area contributed by atoms with E-state index in [2.05, 4.69) is 5.32 Å². The molecule has 0 aliphatic heterocycles. The molecule has 1 aromatic rings. The zero-order valence-electron chi connectivity index (χ0n) is 11.9. The Kier molecular flexibility index (Phi) is 4.78. The summed E-state index contributed by atoms with van der Waals surface area (Å²) in [6.07, 6.45) is 0.750. The van der Waals surface area contributed by atoms with E-state index in [-0.39, 0.29) is 6.61 Å². The number of nitrogens with one attached hydrogen (secondary N) is 1. The van der Waals surface area contributed by atoms with E-state index in [4.69, 9.17) is 10.5 Å². The Balaban J connectivity index is 3.17. The van der Waals surface area contributed by atoms with Gasteiger partial charge in [-0.3, -0.25) is 0 Å². The predicted molar refractivity (Wildman–Crippen MR) is 76.3 cm³/mol. The summed E-state index contributed by atoms with van der Waals surface area (Å²) >= 11 is 0. The quantitative estimate of drug-likeness (QED) is 0.560. The predicted octanol–water partition coefficient (Wildman–Crippen LogP) is 1.94. The van der Waals surface area contributed by atoms with Crippen LogP contribution in [0.25, 0.3) is 0 Å². The van der Waals surface area contributed by atoms with E-state index in [0.717, 1.165) is 17.7 Å². The standard InChI is InChI=1S/C14H22N2O3/c1-5-14(3,8-17)16-10-6-9(2)12(15)11(7-10)13(18)19-4/h6-7,16-17H,5,8,15H2,1-4H3. The molecule has 0 aliphatic rings. The number of rotatable bonds is 5. The zero-order chi connectivity index (χ0) is 14.6. The van der Waals surface area contributed by atoms with Gasteiger partial charge in [-0.05, 0) is 38.0 Å². The van der Waals surface area contributed by atoms with Crippen molar-refractivity contribution in [2.24, 2.45) is 0 Å². The van der Waals surface area contributed by atoms with Crippen LogP contribution in [-0.4, -0.2) is 30.3 Å². The number of aryl methyl sites for hydroxylation is 1. The van der Waals surface area contributed by atoms with Crippen molar-refractivity contribution >= 4 is 17.3 Å². The maximum Gasteiger partial charge on any atom is 0.340 e. The van der Waals surface area contributed by atoms with Gasteiger partial charge in [0.2, 0.25) is 0 Å². The van der Waals surface area contributed by atoms with Gasteiger partial charge >= 0.3 is 5.97 Å². The lowest BCUT2D eigenvalue weighted by Gasteiger charge is -2.29. The number of aliphatic hydroxyl groups excluding tert-OH is 1. The van der Waals surface area contributed by atoms with Crippen LogP contribution < -0.4 is 11.1 Å². The molecule has 0 amide bonds. The molecule has 106 valence electrons. The highest BCUT2D eigenvalue weighted by Crippen LogP contribution is 2.26. The maximum absolute atomic E-state index is 11.7. The van der Waals surface area contributed by atoms with Crippen molar-refractivity contribution in [3.8, 4) is 0 Å². The lowest BCUT2D eigenvalue weighted by molar-refractivity contribution is 0.0602. The summed E-state index contributed by atoms with van der Waals surface area (Å²) in [5, 5.41) is 12.6. The van der Waals surface area contributed by atoms with Crippen LogP contribution in [0.1, 0.15) is 36.2 Å². The van der Waals surface area contributed by atoms with E-state index < -0.39 is 11.5 Å². The van der Waals surface area contributed by atoms with E-state index >= 15 is 0 Å². The van der Waals surface area contributed by atoms with Crippen molar-refractivity contribution in [2.75, 3.05) is 24.8 Å². The van der Waals surface area contributed by atoms with Gasteiger partial charge in [0.1, 0.15) is 0 Å². The van der Waals surface area contributed by atoms with E-state index in [1.165, 1.54) is 7.11 Å². The Labute approximate surface area is 113 Å². The average Bonchev–Trinajstić information content (AvgIpc) is 2.41. The number of esters is 1. The summed E-state index contributed by atoms with van der Waals surface area (Å²) in [7, 11) is 1.32. The number of nitrogens with two attached hydrogens (primary N) is 1. The highest BCUT2D eigenvalue weighted by molar-refractivity contribution is 5.97. The Bertz CT molecular complexity index is 468. The van der Waals surface area contributed by atoms with Crippen LogP contribution in [0.15, 0.2) is 12.1 Å². The molecule has 0 aromatic heterocycles. The number of hydrogen-bond donors (Lipinski definition) is 3. The van der Waals surface area contributed by atoms with Crippen LogP contribution in [0.5, 0.6) is 0 Å². The number of methoxy groups -OCH3 is 1. The van der Waals surface area contributed by atoms with Gasteiger partial charge in [-0.1, -0.05) is 6.92 Å². The third-order valence-corrected chi connectivity index (χ3v) is 3.37. The normalized spacial score (nSPS) is 13.7. The van der Waals surface area contributed by atoms with Crippen LogP contribution in [0, 0.1) is 6.92 Å². The van der Waals surface area contributed by atoms with Gasteiger partial charge in [0, 0.05) is 11.4 Å². The van der Waals surface area contributed by atoms with E-state index in [1.54, 1.807) is 6.07 Å². The summed E-state index contributed by atoms with van der Waals surface area (Å²) in [6.45, 7) is 5.72. The minimum absolute atomic E-state index is 0.000478. The van der Waals surface area contributed by atoms with Crippen molar-refractivity contribution in [3.05, 3.63) is 23.3 Å². The topological polar surface area (TPSA) is 84.6 Å². The molecule has 0 radical (unpaired) electrons. The zero-order valence-corrected chi connectivity index (χ0v) is 11.9. The summed E-state index contributed by atoms with van der Waals surface area (Å²) in [4.78, 5) is 11.7.